The number of nitrogens with one attached hydrogen (secondary N) is 1. The maximum Gasteiger partial charge on any atom is 0.322 e. The van der Waals surface area contributed by atoms with Crippen molar-refractivity contribution in [3.05, 3.63) is 24.3 Å². The Kier molecular flexibility index (Phi) is 3.47. The van der Waals surface area contributed by atoms with Crippen molar-refractivity contribution in [2.24, 2.45) is 17.8 Å². The van der Waals surface area contributed by atoms with E-state index in [0.717, 1.165) is 32.1 Å². The summed E-state index contributed by atoms with van der Waals surface area (Å²) in [6.45, 7) is 0.180. The summed E-state index contributed by atoms with van der Waals surface area (Å²) < 4.78 is 24.6. The number of sulfone groups is 1. The first-order valence-electron chi connectivity index (χ1n) is 9.47. The van der Waals surface area contributed by atoms with Gasteiger partial charge in [0.05, 0.1) is 21.9 Å². The lowest BCUT2D eigenvalue weighted by atomic mass is 9.52. The number of para-hydroxylation sites is 1. The largest absolute Gasteiger partial charge is 0.390 e. The van der Waals surface area contributed by atoms with Gasteiger partial charge in [-0.25, -0.2) is 13.2 Å². The van der Waals surface area contributed by atoms with Crippen LogP contribution in [-0.2, 0) is 9.84 Å². The van der Waals surface area contributed by atoms with E-state index in [1.54, 1.807) is 29.2 Å². The molecule has 1 aromatic carbocycles. The number of fused-ring (bicyclic) bond motifs is 1. The van der Waals surface area contributed by atoms with Crippen molar-refractivity contribution in [2.45, 2.75) is 48.6 Å². The van der Waals surface area contributed by atoms with E-state index in [9.17, 15) is 18.3 Å². The monoisotopic (exact) mass is 376 g/mol. The molecule has 1 heterocycles. The van der Waals surface area contributed by atoms with Crippen molar-refractivity contribution in [3.8, 4) is 0 Å². The molecular weight excluding hydrogens is 352 g/mol. The van der Waals surface area contributed by atoms with Crippen LogP contribution < -0.4 is 10.2 Å². The summed E-state index contributed by atoms with van der Waals surface area (Å²) in [5.74, 6) is 1.21. The second-order valence-corrected chi connectivity index (χ2v) is 10.7. The van der Waals surface area contributed by atoms with E-state index in [0.29, 0.717) is 23.4 Å². The van der Waals surface area contributed by atoms with Gasteiger partial charge < -0.3 is 10.4 Å². The van der Waals surface area contributed by atoms with E-state index >= 15 is 0 Å². The first kappa shape index (κ1) is 16.6. The molecule has 26 heavy (non-hydrogen) atoms. The third-order valence-corrected chi connectivity index (χ3v) is 8.59. The lowest BCUT2D eigenvalue weighted by molar-refractivity contribution is -0.136. The number of hydrogen-bond acceptors (Lipinski definition) is 4. The minimum Gasteiger partial charge on any atom is -0.390 e. The second kappa shape index (κ2) is 5.45. The van der Waals surface area contributed by atoms with Crippen LogP contribution in [0.3, 0.4) is 0 Å². The van der Waals surface area contributed by atoms with Crippen LogP contribution in [0, 0.1) is 17.8 Å². The van der Waals surface area contributed by atoms with Gasteiger partial charge in [0.2, 0.25) is 0 Å². The van der Waals surface area contributed by atoms with Crippen LogP contribution in [0.1, 0.15) is 32.1 Å². The number of carbonyl (C=O) groups is 1. The predicted molar refractivity (Wildman–Crippen MR) is 96.7 cm³/mol. The Labute approximate surface area is 153 Å². The Balaban J connectivity index is 1.39. The van der Waals surface area contributed by atoms with Crippen LogP contribution in [0.15, 0.2) is 29.2 Å². The highest BCUT2D eigenvalue weighted by Gasteiger charge is 2.55. The molecule has 0 aromatic heterocycles. The topological polar surface area (TPSA) is 86.7 Å². The number of nitrogens with zero attached hydrogens (tertiary/aromatic N) is 1. The molecule has 1 aliphatic heterocycles. The summed E-state index contributed by atoms with van der Waals surface area (Å²) in [4.78, 5) is 14.8. The fourth-order valence-electron chi connectivity index (χ4n) is 6.03. The molecule has 0 radical (unpaired) electrons. The van der Waals surface area contributed by atoms with Gasteiger partial charge >= 0.3 is 6.03 Å². The number of rotatable bonds is 1. The molecule has 2 N–H and O–H groups in total. The third-order valence-electron chi connectivity index (χ3n) is 6.85. The van der Waals surface area contributed by atoms with E-state index < -0.39 is 15.4 Å². The number of benzene rings is 1. The molecule has 2 unspecified atom stereocenters. The van der Waals surface area contributed by atoms with Crippen molar-refractivity contribution in [1.29, 1.82) is 0 Å². The number of amides is 2. The van der Waals surface area contributed by atoms with Crippen molar-refractivity contribution in [3.63, 3.8) is 0 Å². The molecule has 1 aromatic rings. The molecule has 2 amide bonds. The minimum atomic E-state index is -3.32. The van der Waals surface area contributed by atoms with Gasteiger partial charge in [0.15, 0.2) is 9.84 Å². The highest BCUT2D eigenvalue weighted by molar-refractivity contribution is 7.91. The van der Waals surface area contributed by atoms with Crippen LogP contribution >= 0.6 is 0 Å². The summed E-state index contributed by atoms with van der Waals surface area (Å²) in [7, 11) is -3.32. The molecule has 6 rings (SSSR count). The van der Waals surface area contributed by atoms with Gasteiger partial charge in [-0.3, -0.25) is 4.90 Å². The number of aliphatic hydroxyl groups is 1. The van der Waals surface area contributed by atoms with Gasteiger partial charge in [0, 0.05) is 12.6 Å². The van der Waals surface area contributed by atoms with Crippen LogP contribution in [0.4, 0.5) is 10.5 Å². The Morgan fingerprint density at radius 3 is 2.54 bits per heavy atom. The van der Waals surface area contributed by atoms with Gasteiger partial charge in [0.25, 0.3) is 0 Å². The first-order chi connectivity index (χ1) is 12.3. The van der Waals surface area contributed by atoms with Crippen molar-refractivity contribution in [1.82, 2.24) is 5.32 Å². The number of urea groups is 1. The standard InChI is InChI=1S/C19H24N2O4S/c22-18(21-5-6-26(24,25)16-4-2-1-3-15(16)21)20-17-13-7-12-8-14(17)11-19(23,9-12)10-13/h1-4,12-14,17,23H,5-11H2,(H,20,22)/t12?,13?,14?,17-,19-. The van der Waals surface area contributed by atoms with E-state index in [2.05, 4.69) is 5.32 Å². The molecule has 140 valence electrons. The summed E-state index contributed by atoms with van der Waals surface area (Å²) in [6, 6.07) is 6.60. The smallest absolute Gasteiger partial charge is 0.322 e. The fourth-order valence-corrected chi connectivity index (χ4v) is 7.46. The molecule has 6 nitrogen and oxygen atoms in total. The molecule has 2 atom stereocenters. The fraction of sp³-hybridized carbons (Fsp3) is 0.632. The maximum atomic E-state index is 13.0. The molecular formula is C19H24N2O4S. The van der Waals surface area contributed by atoms with Gasteiger partial charge in [-0.05, 0) is 62.0 Å². The lowest BCUT2D eigenvalue weighted by Crippen LogP contribution is -2.63. The van der Waals surface area contributed by atoms with Crippen molar-refractivity contribution in [2.75, 3.05) is 17.2 Å². The molecule has 4 bridgehead atoms. The summed E-state index contributed by atoms with van der Waals surface area (Å²) in [5, 5.41) is 13.9. The van der Waals surface area contributed by atoms with Gasteiger partial charge in [0.1, 0.15) is 0 Å². The Hall–Kier alpha value is -1.60. The summed E-state index contributed by atoms with van der Waals surface area (Å²) in [6.07, 6.45) is 4.62. The van der Waals surface area contributed by atoms with Gasteiger partial charge in [-0.15, -0.1) is 0 Å². The second-order valence-electron chi connectivity index (χ2n) is 8.61. The summed E-state index contributed by atoms with van der Waals surface area (Å²) >= 11 is 0. The highest BCUT2D eigenvalue weighted by Crippen LogP contribution is 2.55. The number of carbonyl (C=O) groups excluding carboxylic acids is 1. The van der Waals surface area contributed by atoms with Crippen molar-refractivity contribution >= 4 is 21.6 Å². The molecule has 0 saturated heterocycles. The Morgan fingerprint density at radius 2 is 1.85 bits per heavy atom. The zero-order valence-corrected chi connectivity index (χ0v) is 15.4. The first-order valence-corrected chi connectivity index (χ1v) is 11.1. The molecule has 4 saturated carbocycles. The van der Waals surface area contributed by atoms with E-state index in [1.165, 1.54) is 0 Å². The Morgan fingerprint density at radius 1 is 1.15 bits per heavy atom. The summed E-state index contributed by atoms with van der Waals surface area (Å²) in [5.41, 5.74) is -0.0533. The SMILES string of the molecule is O=C(N[C@H]1C2CC3CC1C[C@](O)(C3)C2)N1CCS(=O)(=O)c2ccccc21. The Bertz CT molecular complexity index is 852. The zero-order valence-electron chi connectivity index (χ0n) is 14.6. The minimum absolute atomic E-state index is 0.0449. The van der Waals surface area contributed by atoms with Crippen LogP contribution in [0.5, 0.6) is 0 Å². The average molecular weight is 376 g/mol. The molecule has 5 aliphatic rings. The molecule has 7 heteroatoms. The van der Waals surface area contributed by atoms with Crippen LogP contribution in [-0.4, -0.2) is 43.5 Å². The lowest BCUT2D eigenvalue weighted by Gasteiger charge is -2.58. The third kappa shape index (κ3) is 2.47. The average Bonchev–Trinajstić information content (AvgIpc) is 2.57. The maximum absolute atomic E-state index is 13.0. The highest BCUT2D eigenvalue weighted by atomic mass is 32.2. The zero-order chi connectivity index (χ0) is 18.1. The quantitative estimate of drug-likeness (QED) is 0.784. The van der Waals surface area contributed by atoms with Crippen LogP contribution in [0.25, 0.3) is 0 Å². The number of hydrogen-bond donors (Lipinski definition) is 2. The molecule has 0 spiro atoms. The predicted octanol–water partition coefficient (Wildman–Crippen LogP) is 1.93. The molecule has 4 fully saturated rings. The van der Waals surface area contributed by atoms with Gasteiger partial charge in [-0.2, -0.15) is 0 Å². The van der Waals surface area contributed by atoms with E-state index in [-0.39, 0.29) is 29.3 Å². The number of anilines is 1. The van der Waals surface area contributed by atoms with Gasteiger partial charge in [-0.1, -0.05) is 12.1 Å². The molecule has 4 aliphatic carbocycles. The van der Waals surface area contributed by atoms with E-state index in [4.69, 9.17) is 0 Å². The van der Waals surface area contributed by atoms with E-state index in [1.807, 2.05) is 0 Å². The normalized spacial score (nSPS) is 39.5. The van der Waals surface area contributed by atoms with Crippen LogP contribution in [0.2, 0.25) is 0 Å². The van der Waals surface area contributed by atoms with Crippen molar-refractivity contribution < 1.29 is 18.3 Å².